The first-order valence-electron chi connectivity index (χ1n) is 10.1. The van der Waals surface area contributed by atoms with Crippen LogP contribution < -0.4 is 11.4 Å². The maximum absolute atomic E-state index is 12.7. The summed E-state index contributed by atoms with van der Waals surface area (Å²) in [6.07, 6.45) is -1.28. The van der Waals surface area contributed by atoms with Crippen molar-refractivity contribution >= 4 is 41.1 Å². The summed E-state index contributed by atoms with van der Waals surface area (Å²) in [5.74, 6) is -1.42. The summed E-state index contributed by atoms with van der Waals surface area (Å²) in [6.45, 7) is -0.235. The van der Waals surface area contributed by atoms with Crippen LogP contribution in [-0.2, 0) is 14.2 Å². The number of hydrogen-bond donors (Lipinski definition) is 1. The Kier molecular flexibility index (Phi) is 7.11. The molecule has 1 aliphatic heterocycles. The van der Waals surface area contributed by atoms with Gasteiger partial charge in [-0.1, -0.05) is 23.2 Å². The third kappa shape index (κ3) is 5.53. The zero-order valence-corrected chi connectivity index (χ0v) is 19.0. The van der Waals surface area contributed by atoms with E-state index in [9.17, 15) is 14.4 Å². The van der Waals surface area contributed by atoms with E-state index in [1.807, 2.05) is 0 Å². The van der Waals surface area contributed by atoms with Crippen LogP contribution in [0.5, 0.6) is 0 Å². The number of nitrogens with zero attached hydrogens (tertiary/aromatic N) is 3. The Labute approximate surface area is 203 Å². The molecular weight excluding hydrogens is 487 g/mol. The molecule has 4 rings (SSSR count). The van der Waals surface area contributed by atoms with E-state index < -0.39 is 36.1 Å². The summed E-state index contributed by atoms with van der Waals surface area (Å²) < 4.78 is 18.0. The fourth-order valence-electron chi connectivity index (χ4n) is 3.32. The summed E-state index contributed by atoms with van der Waals surface area (Å²) in [6, 6.07) is 12.3. The number of anilines is 1. The molecule has 1 aromatic heterocycles. The lowest BCUT2D eigenvalue weighted by molar-refractivity contribution is -0.0584. The van der Waals surface area contributed by atoms with Gasteiger partial charge in [0.05, 0.1) is 11.1 Å². The van der Waals surface area contributed by atoms with Gasteiger partial charge in [0.2, 0.25) is 5.95 Å². The van der Waals surface area contributed by atoms with Crippen molar-refractivity contribution in [2.45, 2.75) is 24.9 Å². The van der Waals surface area contributed by atoms with Gasteiger partial charge >= 0.3 is 17.6 Å². The molecule has 10 nitrogen and oxygen atoms in total. The third-order valence-corrected chi connectivity index (χ3v) is 5.54. The van der Waals surface area contributed by atoms with Crippen LogP contribution in [0.4, 0.5) is 5.95 Å². The molecule has 0 bridgehead atoms. The van der Waals surface area contributed by atoms with E-state index in [0.717, 1.165) is 4.57 Å². The number of ether oxygens (including phenoxy) is 3. The van der Waals surface area contributed by atoms with Gasteiger partial charge in [0.25, 0.3) is 0 Å². The number of nitrogen functional groups attached to an aromatic ring is 1. The molecule has 0 spiro atoms. The first-order chi connectivity index (χ1) is 16.3. The van der Waals surface area contributed by atoms with Crippen molar-refractivity contribution in [3.63, 3.8) is 0 Å². The lowest BCUT2D eigenvalue weighted by Gasteiger charge is -2.19. The summed E-state index contributed by atoms with van der Waals surface area (Å²) >= 11 is 11.7. The summed E-state index contributed by atoms with van der Waals surface area (Å²) in [5.41, 5.74) is 5.33. The van der Waals surface area contributed by atoms with Gasteiger partial charge in [0.1, 0.15) is 31.4 Å². The smallest absolute Gasteiger partial charge is 0.354 e. The van der Waals surface area contributed by atoms with Gasteiger partial charge in [0.15, 0.2) is 0 Å². The van der Waals surface area contributed by atoms with Crippen LogP contribution in [-0.4, -0.2) is 45.3 Å². The van der Waals surface area contributed by atoms with Gasteiger partial charge < -0.3 is 19.9 Å². The van der Waals surface area contributed by atoms with E-state index in [1.54, 1.807) is 24.3 Å². The lowest BCUT2D eigenvalue weighted by Crippen LogP contribution is -2.32. The minimum atomic E-state index is -0.865. The second-order valence-corrected chi connectivity index (χ2v) is 8.20. The van der Waals surface area contributed by atoms with Crippen molar-refractivity contribution in [3.05, 3.63) is 86.5 Å². The molecule has 176 valence electrons. The molecule has 1 fully saturated rings. The molecule has 3 atom stereocenters. The number of benzene rings is 2. The van der Waals surface area contributed by atoms with Crippen LogP contribution in [0.25, 0.3) is 0 Å². The number of aromatic nitrogens is 3. The molecule has 3 aromatic rings. The Morgan fingerprint density at radius 2 is 1.62 bits per heavy atom. The molecule has 34 heavy (non-hydrogen) atoms. The average Bonchev–Trinajstić information content (AvgIpc) is 3.20. The maximum atomic E-state index is 12.7. The van der Waals surface area contributed by atoms with Gasteiger partial charge in [-0.3, -0.25) is 4.57 Å². The number of halogens is 2. The predicted molar refractivity (Wildman–Crippen MR) is 122 cm³/mol. The Hall–Kier alpha value is -3.47. The minimum absolute atomic E-state index is 0.0929. The number of rotatable bonds is 6. The van der Waals surface area contributed by atoms with Crippen molar-refractivity contribution in [2.24, 2.45) is 0 Å². The molecule has 2 N–H and O–H groups in total. The highest BCUT2D eigenvalue weighted by Gasteiger charge is 2.40. The fraction of sp³-hybridized carbons (Fsp3) is 0.227. The highest BCUT2D eigenvalue weighted by Crippen LogP contribution is 2.31. The highest BCUT2D eigenvalue weighted by atomic mass is 35.5. The van der Waals surface area contributed by atoms with E-state index in [1.165, 1.54) is 30.6 Å². The second-order valence-electron chi connectivity index (χ2n) is 7.33. The van der Waals surface area contributed by atoms with Crippen molar-refractivity contribution < 1.29 is 23.8 Å². The van der Waals surface area contributed by atoms with Crippen LogP contribution in [0.2, 0.25) is 10.0 Å². The molecule has 1 saturated heterocycles. The Bertz CT molecular complexity index is 1250. The molecule has 0 unspecified atom stereocenters. The van der Waals surface area contributed by atoms with E-state index >= 15 is 0 Å². The van der Waals surface area contributed by atoms with Crippen LogP contribution in [0.15, 0.2) is 59.7 Å². The van der Waals surface area contributed by atoms with Crippen LogP contribution in [0.1, 0.15) is 33.4 Å². The standard InChI is InChI=1S/C22H18Cl2N4O6/c23-14-5-1-12(2-6-14)19(29)32-10-17-16(34-20(30)13-3-7-15(24)8-4-13)9-18(33-17)28-11-26-21(25)27-22(28)31/h1-8,11,16-18H,9-10H2,(H2,25,27,31)/t16-,17-,18+/m1/s1. The molecule has 0 amide bonds. The number of carbonyl (C=O) groups excluding carboxylic acids is 2. The molecule has 0 saturated carbocycles. The Morgan fingerprint density at radius 1 is 1.03 bits per heavy atom. The zero-order valence-electron chi connectivity index (χ0n) is 17.5. The van der Waals surface area contributed by atoms with Gasteiger partial charge in [-0.15, -0.1) is 0 Å². The molecule has 2 aromatic carbocycles. The largest absolute Gasteiger partial charge is 0.459 e. The minimum Gasteiger partial charge on any atom is -0.459 e. The van der Waals surface area contributed by atoms with Crippen molar-refractivity contribution in [3.8, 4) is 0 Å². The number of carbonyl (C=O) groups is 2. The predicted octanol–water partition coefficient (Wildman–Crippen LogP) is 2.90. The zero-order chi connectivity index (χ0) is 24.2. The van der Waals surface area contributed by atoms with E-state index in [4.69, 9.17) is 43.1 Å². The Balaban J connectivity index is 1.50. The van der Waals surface area contributed by atoms with Crippen LogP contribution >= 0.6 is 23.2 Å². The van der Waals surface area contributed by atoms with Gasteiger partial charge in [-0.25, -0.2) is 19.4 Å². The first-order valence-corrected chi connectivity index (χ1v) is 10.8. The quantitative estimate of drug-likeness (QED) is 0.502. The lowest BCUT2D eigenvalue weighted by atomic mass is 10.1. The summed E-state index contributed by atoms with van der Waals surface area (Å²) in [4.78, 5) is 44.7. The second kappa shape index (κ2) is 10.2. The molecule has 2 heterocycles. The van der Waals surface area contributed by atoms with E-state index in [2.05, 4.69) is 9.97 Å². The summed E-state index contributed by atoms with van der Waals surface area (Å²) in [5, 5.41) is 0.944. The van der Waals surface area contributed by atoms with Gasteiger partial charge in [-0.2, -0.15) is 4.98 Å². The van der Waals surface area contributed by atoms with Gasteiger partial charge in [-0.05, 0) is 48.5 Å². The van der Waals surface area contributed by atoms with Crippen molar-refractivity contribution in [1.29, 1.82) is 0 Å². The Morgan fingerprint density at radius 3 is 2.21 bits per heavy atom. The molecule has 1 aliphatic rings. The SMILES string of the molecule is Nc1ncn([C@@H]2C[C@@H](OC(=O)c3ccc(Cl)cc3)[C@@H](COC(=O)c3ccc(Cl)cc3)O2)c(=O)n1. The van der Waals surface area contributed by atoms with E-state index in [-0.39, 0.29) is 30.1 Å². The third-order valence-electron chi connectivity index (χ3n) is 5.03. The normalized spacial score (nSPS) is 19.5. The first kappa shape index (κ1) is 23.7. The van der Waals surface area contributed by atoms with Crippen LogP contribution in [0.3, 0.4) is 0 Å². The fourth-order valence-corrected chi connectivity index (χ4v) is 3.57. The number of nitrogens with two attached hydrogens (primary N) is 1. The number of esters is 2. The summed E-state index contributed by atoms with van der Waals surface area (Å²) in [7, 11) is 0. The molecule has 0 radical (unpaired) electrons. The van der Waals surface area contributed by atoms with Crippen LogP contribution in [0, 0.1) is 0 Å². The molecule has 12 heteroatoms. The van der Waals surface area contributed by atoms with Crippen molar-refractivity contribution in [2.75, 3.05) is 12.3 Å². The molecular formula is C22H18Cl2N4O6. The molecule has 0 aliphatic carbocycles. The number of hydrogen-bond acceptors (Lipinski definition) is 9. The maximum Gasteiger partial charge on any atom is 0.354 e. The van der Waals surface area contributed by atoms with Gasteiger partial charge in [0, 0.05) is 16.5 Å². The van der Waals surface area contributed by atoms with Crippen molar-refractivity contribution in [1.82, 2.24) is 14.5 Å². The monoisotopic (exact) mass is 504 g/mol. The topological polar surface area (TPSA) is 136 Å². The van der Waals surface area contributed by atoms with E-state index in [0.29, 0.717) is 10.0 Å². The highest BCUT2D eigenvalue weighted by molar-refractivity contribution is 6.31. The average molecular weight is 505 g/mol.